The molecule has 0 radical (unpaired) electrons. The van der Waals surface area contributed by atoms with Crippen LogP contribution in [0.5, 0.6) is 0 Å². The Morgan fingerprint density at radius 1 is 0.942 bits per heavy atom. The van der Waals surface area contributed by atoms with Crippen LogP contribution in [0.3, 0.4) is 0 Å². The molecule has 1 aliphatic carbocycles. The summed E-state index contributed by atoms with van der Waals surface area (Å²) in [5.41, 5.74) is 13.4. The summed E-state index contributed by atoms with van der Waals surface area (Å²) in [5.74, 6) is 1.09. The third kappa shape index (κ3) is 6.98. The van der Waals surface area contributed by atoms with Crippen LogP contribution in [0.15, 0.2) is 106 Å². The number of allylic oxidation sites excluding steroid dienone is 11. The summed E-state index contributed by atoms with van der Waals surface area (Å²) in [6.07, 6.45) is 12.8. The van der Waals surface area contributed by atoms with Gasteiger partial charge in [-0.1, -0.05) is 41.9 Å². The van der Waals surface area contributed by atoms with Crippen LogP contribution in [0.1, 0.15) is 92.4 Å². The molecule has 3 atom stereocenters. The Balaban J connectivity index is 1.26. The van der Waals surface area contributed by atoms with Gasteiger partial charge in [0.25, 0.3) is 0 Å². The molecule has 0 saturated carbocycles. The summed E-state index contributed by atoms with van der Waals surface area (Å²) in [6.45, 7) is 10.6. The zero-order chi connectivity index (χ0) is 36.7. The SMILES string of the molecule is CCC1=C(C)C2=NC1=CC1=C(C)C3=C(O)CC(=C4NC(=CC5=NC(=C2)C(COC(=O)CCCCC2CCSS2)=C5C)[C@@H](C)[C@@H]4CCC(=O)OC)C3=N1. The normalized spacial score (nSPS) is 25.1. The summed E-state index contributed by atoms with van der Waals surface area (Å²) in [7, 11) is 5.35. The monoisotopic (exact) mass is 740 g/mol. The molecule has 2 saturated heterocycles. The molecule has 0 aromatic rings. The molecular weight excluding hydrogens is 693 g/mol. The van der Waals surface area contributed by atoms with Gasteiger partial charge in [-0.15, -0.1) is 0 Å². The van der Waals surface area contributed by atoms with E-state index in [0.29, 0.717) is 30.3 Å². The van der Waals surface area contributed by atoms with Gasteiger partial charge in [0.15, 0.2) is 0 Å². The Kier molecular flexibility index (Phi) is 10.7. The second kappa shape index (κ2) is 15.3. The fraction of sp³-hybridized carbons (Fsp3) is 0.488. The Labute approximate surface area is 314 Å². The Morgan fingerprint density at radius 2 is 1.69 bits per heavy atom. The second-order valence-electron chi connectivity index (χ2n) is 14.4. The Hall–Kier alpha value is -3.83. The maximum absolute atomic E-state index is 13.0. The second-order valence-corrected chi connectivity index (χ2v) is 17.2. The van der Waals surface area contributed by atoms with Crippen LogP contribution in [0.25, 0.3) is 0 Å². The van der Waals surface area contributed by atoms with Crippen molar-refractivity contribution < 1.29 is 24.2 Å². The summed E-state index contributed by atoms with van der Waals surface area (Å²) in [5, 5.41) is 15.7. The predicted octanol–water partition coefficient (Wildman–Crippen LogP) is 8.87. The Morgan fingerprint density at radius 3 is 2.42 bits per heavy atom. The standard InChI is InChI=1S/C41H48N4O5S2/c1-7-26-21(2)31-18-35-29(20-50-38(48)11-9-8-10-25-14-15-51-52-25)23(4)30(43-35)17-32-22(3)27(12-13-37(47)49-6)40(44-32)28-16-36(46)39-24(5)33(45-41(28)39)19-34(26)42-31/h17-19,22,25,27,44,46H,7-16,20H2,1-6H3/t22-,25?,27-/m0/s1. The molecule has 7 aliphatic rings. The van der Waals surface area contributed by atoms with Crippen molar-refractivity contribution in [1.29, 1.82) is 0 Å². The fourth-order valence-electron chi connectivity index (χ4n) is 8.15. The fourth-order valence-corrected chi connectivity index (χ4v) is 11.2. The van der Waals surface area contributed by atoms with Crippen LogP contribution >= 0.6 is 21.6 Å². The molecule has 0 amide bonds. The number of aliphatic hydroxyl groups excluding tert-OH is 1. The number of nitrogens with zero attached hydrogens (tertiary/aromatic N) is 3. The molecule has 0 aromatic carbocycles. The average Bonchev–Trinajstić information content (AvgIpc) is 3.97. The van der Waals surface area contributed by atoms with Crippen molar-refractivity contribution in [2.75, 3.05) is 19.5 Å². The number of carbonyl (C=O) groups is 2. The van der Waals surface area contributed by atoms with E-state index in [9.17, 15) is 14.7 Å². The number of esters is 2. The molecule has 0 aromatic heterocycles. The van der Waals surface area contributed by atoms with Crippen LogP contribution in [0.2, 0.25) is 0 Å². The molecule has 6 aliphatic heterocycles. The van der Waals surface area contributed by atoms with Gasteiger partial charge < -0.3 is 19.9 Å². The largest absolute Gasteiger partial charge is 0.511 e. The minimum atomic E-state index is -0.253. The van der Waals surface area contributed by atoms with Crippen molar-refractivity contribution in [3.8, 4) is 0 Å². The first-order valence-corrected chi connectivity index (χ1v) is 20.9. The number of methoxy groups -OCH3 is 1. The number of aliphatic hydroxyl groups is 1. The topological polar surface area (TPSA) is 122 Å². The number of unbranched alkanes of at least 4 members (excludes halogenated alkanes) is 1. The zero-order valence-corrected chi connectivity index (χ0v) is 32.6. The average molecular weight is 741 g/mol. The highest BCUT2D eigenvalue weighted by atomic mass is 33.1. The van der Waals surface area contributed by atoms with Gasteiger partial charge in [0.1, 0.15) is 12.4 Å². The van der Waals surface area contributed by atoms with E-state index in [1.807, 2.05) is 47.6 Å². The number of ether oxygens (including phenoxy) is 2. The summed E-state index contributed by atoms with van der Waals surface area (Å²) in [4.78, 5) is 40.7. The minimum Gasteiger partial charge on any atom is -0.511 e. The van der Waals surface area contributed by atoms with Crippen molar-refractivity contribution in [2.24, 2.45) is 26.8 Å². The quantitative estimate of drug-likeness (QED) is 0.122. The van der Waals surface area contributed by atoms with Gasteiger partial charge in [-0.3, -0.25) is 9.59 Å². The van der Waals surface area contributed by atoms with E-state index in [1.54, 1.807) is 0 Å². The first-order valence-electron chi connectivity index (χ1n) is 18.5. The van der Waals surface area contributed by atoms with E-state index in [1.165, 1.54) is 19.3 Å². The number of hydrogen-bond acceptors (Lipinski definition) is 11. The molecule has 52 heavy (non-hydrogen) atoms. The van der Waals surface area contributed by atoms with Gasteiger partial charge in [-0.2, -0.15) is 0 Å². The van der Waals surface area contributed by atoms with E-state index < -0.39 is 0 Å². The lowest BCUT2D eigenvalue weighted by Crippen LogP contribution is -2.16. The lowest BCUT2D eigenvalue weighted by atomic mass is 9.86. The van der Waals surface area contributed by atoms with E-state index in [4.69, 9.17) is 24.5 Å². The first-order chi connectivity index (χ1) is 25.1. The molecule has 6 heterocycles. The van der Waals surface area contributed by atoms with Crippen molar-refractivity contribution in [2.45, 2.75) is 97.7 Å². The molecule has 9 nitrogen and oxygen atoms in total. The molecule has 0 spiro atoms. The number of fused-ring (bicyclic) bond motifs is 5. The van der Waals surface area contributed by atoms with Crippen molar-refractivity contribution in [3.05, 3.63) is 91.5 Å². The Bertz CT molecular complexity index is 1960. The van der Waals surface area contributed by atoms with Gasteiger partial charge in [-0.25, -0.2) is 15.0 Å². The van der Waals surface area contributed by atoms with Crippen LogP contribution in [0, 0.1) is 11.8 Å². The summed E-state index contributed by atoms with van der Waals surface area (Å²) >= 11 is 0. The molecule has 7 rings (SSSR count). The molecular formula is C41H48N4O5S2. The molecule has 2 fully saturated rings. The van der Waals surface area contributed by atoms with Gasteiger partial charge in [0.05, 0.1) is 41.3 Å². The van der Waals surface area contributed by atoms with Gasteiger partial charge in [0, 0.05) is 70.2 Å². The minimum absolute atomic E-state index is 0.0235. The third-order valence-corrected chi connectivity index (χ3v) is 14.3. The third-order valence-electron chi connectivity index (χ3n) is 11.3. The number of nitrogens with one attached hydrogen (secondary N) is 1. The van der Waals surface area contributed by atoms with Crippen molar-refractivity contribution in [3.63, 3.8) is 0 Å². The molecule has 1 unspecified atom stereocenters. The highest BCUT2D eigenvalue weighted by molar-refractivity contribution is 8.77. The van der Waals surface area contributed by atoms with Crippen LogP contribution in [-0.2, 0) is 19.1 Å². The first kappa shape index (κ1) is 36.5. The summed E-state index contributed by atoms with van der Waals surface area (Å²) in [6, 6.07) is 0. The molecule has 8 bridgehead atoms. The van der Waals surface area contributed by atoms with Gasteiger partial charge in [-0.05, 0) is 93.4 Å². The maximum atomic E-state index is 13.0. The van der Waals surface area contributed by atoms with E-state index in [2.05, 4.69) is 32.2 Å². The predicted molar refractivity (Wildman–Crippen MR) is 211 cm³/mol. The highest BCUT2D eigenvalue weighted by Crippen LogP contribution is 2.46. The van der Waals surface area contributed by atoms with Crippen molar-refractivity contribution >= 4 is 50.7 Å². The van der Waals surface area contributed by atoms with Crippen molar-refractivity contribution in [1.82, 2.24) is 5.32 Å². The molecule has 2 N–H and O–H groups in total. The van der Waals surface area contributed by atoms with Crippen LogP contribution < -0.4 is 5.32 Å². The zero-order valence-electron chi connectivity index (χ0n) is 31.0. The van der Waals surface area contributed by atoms with Crippen LogP contribution in [-0.4, -0.2) is 58.9 Å². The summed E-state index contributed by atoms with van der Waals surface area (Å²) < 4.78 is 10.9. The van der Waals surface area contributed by atoms with Gasteiger partial charge in [0.2, 0.25) is 0 Å². The number of rotatable bonds is 11. The lowest BCUT2D eigenvalue weighted by Gasteiger charge is -2.17. The number of hydrogen-bond donors (Lipinski definition) is 2. The van der Waals surface area contributed by atoms with E-state index >= 15 is 0 Å². The number of carbonyl (C=O) groups excluding carboxylic acids is 2. The van der Waals surface area contributed by atoms with Gasteiger partial charge >= 0.3 is 11.9 Å². The molecule has 274 valence electrons. The molecule has 11 heteroatoms. The lowest BCUT2D eigenvalue weighted by molar-refractivity contribution is -0.143. The van der Waals surface area contributed by atoms with E-state index in [-0.39, 0.29) is 36.8 Å². The van der Waals surface area contributed by atoms with Crippen LogP contribution in [0.4, 0.5) is 0 Å². The maximum Gasteiger partial charge on any atom is 0.306 e. The number of aliphatic imine (C=N–C) groups is 3. The smallest absolute Gasteiger partial charge is 0.306 e. The van der Waals surface area contributed by atoms with E-state index in [0.717, 1.165) is 110 Å². The highest BCUT2D eigenvalue weighted by Gasteiger charge is 2.41.